The summed E-state index contributed by atoms with van der Waals surface area (Å²) in [6.07, 6.45) is 8.53. The van der Waals surface area contributed by atoms with Crippen molar-refractivity contribution >= 4 is 52.3 Å². The van der Waals surface area contributed by atoms with Gasteiger partial charge in [-0.05, 0) is 74.4 Å². The molecule has 2 aromatic carbocycles. The number of hydrogen-bond acceptors (Lipinski definition) is 8. The second-order valence-electron chi connectivity index (χ2n) is 14.1. The molecule has 5 rings (SSSR count). The molecule has 0 saturated carbocycles. The fourth-order valence-corrected chi connectivity index (χ4v) is 6.10. The van der Waals surface area contributed by atoms with Crippen LogP contribution in [0.4, 0.5) is 24.5 Å². The number of H-pyrrole nitrogens is 1. The number of aromatic nitrogens is 2. The maximum atomic E-state index is 14.7. The fraction of sp³-hybridized carbons (Fsp3) is 0.390. The van der Waals surface area contributed by atoms with E-state index in [-0.39, 0.29) is 22.2 Å². The van der Waals surface area contributed by atoms with Gasteiger partial charge in [-0.3, -0.25) is 24.4 Å². The van der Waals surface area contributed by atoms with Crippen LogP contribution >= 0.6 is 12.2 Å². The van der Waals surface area contributed by atoms with Crippen molar-refractivity contribution in [2.75, 3.05) is 63.2 Å². The van der Waals surface area contributed by atoms with Crippen molar-refractivity contribution in [1.29, 1.82) is 0 Å². The first-order valence-corrected chi connectivity index (χ1v) is 18.4. The minimum atomic E-state index is -2.96. The number of halogens is 3. The zero-order chi connectivity index (χ0) is 40.5. The van der Waals surface area contributed by atoms with Crippen molar-refractivity contribution in [2.24, 2.45) is 0 Å². The van der Waals surface area contributed by atoms with Crippen LogP contribution in [0.25, 0.3) is 11.0 Å². The smallest absolute Gasteiger partial charge is 0.271 e. The number of nitrogens with one attached hydrogen (secondary N) is 2. The first-order chi connectivity index (χ1) is 26.0. The molecule has 0 atom stereocenters. The van der Waals surface area contributed by atoms with Gasteiger partial charge in [-0.2, -0.15) is 0 Å². The lowest BCUT2D eigenvalue weighted by molar-refractivity contribution is -0.111. The van der Waals surface area contributed by atoms with Gasteiger partial charge in [0.1, 0.15) is 12.1 Å². The molecule has 0 radical (unpaired) electrons. The highest BCUT2D eigenvalue weighted by molar-refractivity contribution is 7.79. The van der Waals surface area contributed by atoms with Crippen LogP contribution in [0.15, 0.2) is 59.5 Å². The lowest BCUT2D eigenvalue weighted by atomic mass is 10.0. The number of carbonyl (C=O) groups is 2. The third kappa shape index (κ3) is 11.0. The molecular weight excluding hydrogens is 728 g/mol. The lowest BCUT2D eigenvalue weighted by Crippen LogP contribution is -2.48. The number of amides is 1. The van der Waals surface area contributed by atoms with E-state index in [1.165, 1.54) is 29.8 Å². The van der Waals surface area contributed by atoms with Crippen LogP contribution in [0.3, 0.4) is 0 Å². The van der Waals surface area contributed by atoms with Gasteiger partial charge < -0.3 is 24.9 Å². The second-order valence-corrected chi connectivity index (χ2v) is 14.3. The number of terminal acetylenes is 1. The van der Waals surface area contributed by atoms with Crippen LogP contribution in [-0.4, -0.2) is 96.4 Å². The van der Waals surface area contributed by atoms with Gasteiger partial charge in [-0.15, -0.1) is 6.42 Å². The molecule has 3 heterocycles. The number of likely N-dealkylation sites (N-methyl/N-ethyl adjacent to an activating group) is 1. The normalized spacial score (nSPS) is 13.7. The molecule has 55 heavy (non-hydrogen) atoms. The van der Waals surface area contributed by atoms with E-state index in [1.54, 1.807) is 49.9 Å². The van der Waals surface area contributed by atoms with E-state index in [0.717, 1.165) is 68.1 Å². The van der Waals surface area contributed by atoms with E-state index < -0.39 is 23.2 Å². The summed E-state index contributed by atoms with van der Waals surface area (Å²) >= 11 is 4.73. The van der Waals surface area contributed by atoms with Crippen LogP contribution in [0.5, 0.6) is 0 Å². The number of piperazine rings is 1. The highest BCUT2D eigenvalue weighted by Crippen LogP contribution is 2.32. The lowest BCUT2D eigenvalue weighted by Gasteiger charge is -2.34. The van der Waals surface area contributed by atoms with Gasteiger partial charge in [0.25, 0.3) is 17.4 Å². The Morgan fingerprint density at radius 1 is 1.05 bits per heavy atom. The van der Waals surface area contributed by atoms with Crippen molar-refractivity contribution in [2.45, 2.75) is 52.1 Å². The SMILES string of the molecule is C#Cc1ccc(N(C)C=S)cc1C(C)(F)F.CCc1cc2ncc(CN3CCN(CCNC(=O)c4ccc(N(C)C(C)(C)C=O)cc4F)CC3)cc2[nH]c1=O. The Labute approximate surface area is 325 Å². The monoisotopic (exact) mass is 775 g/mol. The number of aromatic amines is 1. The molecule has 0 unspecified atom stereocenters. The van der Waals surface area contributed by atoms with Gasteiger partial charge >= 0.3 is 0 Å². The number of aldehydes is 1. The quantitative estimate of drug-likeness (QED) is 0.0998. The number of aryl methyl sites for hydroxylation is 1. The summed E-state index contributed by atoms with van der Waals surface area (Å²) < 4.78 is 41.3. The number of hydrogen-bond donors (Lipinski definition) is 2. The van der Waals surface area contributed by atoms with Crippen molar-refractivity contribution in [3.05, 3.63) is 98.7 Å². The number of anilines is 2. The Morgan fingerprint density at radius 2 is 1.73 bits per heavy atom. The van der Waals surface area contributed by atoms with E-state index in [9.17, 15) is 27.6 Å². The zero-order valence-electron chi connectivity index (χ0n) is 32.1. The maximum absolute atomic E-state index is 14.7. The molecule has 292 valence electrons. The molecule has 2 N–H and O–H groups in total. The van der Waals surface area contributed by atoms with Gasteiger partial charge in [0.05, 0.1) is 27.6 Å². The minimum Gasteiger partial charge on any atom is -0.363 e. The average Bonchev–Trinajstić information content (AvgIpc) is 3.17. The van der Waals surface area contributed by atoms with E-state index >= 15 is 0 Å². The Hall–Kier alpha value is -5.10. The number of nitrogens with zero attached hydrogens (tertiary/aromatic N) is 5. The van der Waals surface area contributed by atoms with Crippen LogP contribution in [-0.2, 0) is 23.7 Å². The van der Waals surface area contributed by atoms with Crippen molar-refractivity contribution in [3.8, 4) is 12.3 Å². The molecule has 1 saturated heterocycles. The summed E-state index contributed by atoms with van der Waals surface area (Å²) in [6.45, 7) is 11.6. The van der Waals surface area contributed by atoms with Gasteiger partial charge in [0.2, 0.25) is 0 Å². The van der Waals surface area contributed by atoms with Crippen molar-refractivity contribution in [3.63, 3.8) is 0 Å². The summed E-state index contributed by atoms with van der Waals surface area (Å²) in [5.41, 5.74) is 5.02. The molecular formula is C41H48F3N7O3S. The summed E-state index contributed by atoms with van der Waals surface area (Å²) in [5, 5.41) is 2.82. The van der Waals surface area contributed by atoms with Crippen molar-refractivity contribution < 1.29 is 22.8 Å². The van der Waals surface area contributed by atoms with Crippen LogP contribution < -0.4 is 20.7 Å². The largest absolute Gasteiger partial charge is 0.363 e. The summed E-state index contributed by atoms with van der Waals surface area (Å²) in [4.78, 5) is 51.4. The predicted octanol–water partition coefficient (Wildman–Crippen LogP) is 5.76. The molecule has 1 amide bonds. The molecule has 0 spiro atoms. The molecule has 1 aliphatic heterocycles. The Balaban J connectivity index is 0.000000352. The van der Waals surface area contributed by atoms with Gasteiger partial charge in [-0.1, -0.05) is 25.1 Å². The molecule has 1 aliphatic rings. The third-order valence-electron chi connectivity index (χ3n) is 9.73. The van der Waals surface area contributed by atoms with Gasteiger partial charge in [0.15, 0.2) is 0 Å². The Bertz CT molecular complexity index is 2100. The standard InChI is InChI=1S/C29H37FN6O3.C12H11F2NS/c1-5-21-15-25-26(33-27(21)38)14-20(17-32-25)18-36-12-10-35(11-13-36)9-8-31-28(39)23-7-6-22(16-24(23)30)34(4)29(2,3)19-37;1-4-9-5-6-10(15(3)8-16)7-11(9)12(2,13)14/h6-7,14-17,19H,5,8-13,18H2,1-4H3,(H,31,39)(H,33,38);1,5-8H,2-3H3. The number of thiocarbonyl (C=S) groups is 1. The first-order valence-electron chi connectivity index (χ1n) is 17.9. The van der Waals surface area contributed by atoms with E-state index in [0.29, 0.717) is 30.9 Å². The van der Waals surface area contributed by atoms with E-state index in [4.69, 9.17) is 18.6 Å². The van der Waals surface area contributed by atoms with Crippen LogP contribution in [0.2, 0.25) is 0 Å². The zero-order valence-corrected chi connectivity index (χ0v) is 32.9. The van der Waals surface area contributed by atoms with Gasteiger partial charge in [0, 0.05) is 101 Å². The molecule has 1 fully saturated rings. The summed E-state index contributed by atoms with van der Waals surface area (Å²) in [7, 11) is 3.40. The number of benzene rings is 2. The Morgan fingerprint density at radius 3 is 2.33 bits per heavy atom. The fourth-order valence-electron chi connectivity index (χ4n) is 5.98. The predicted molar refractivity (Wildman–Crippen MR) is 217 cm³/mol. The molecule has 4 aromatic rings. The summed E-state index contributed by atoms with van der Waals surface area (Å²) in [5.74, 6) is -1.78. The first kappa shape index (κ1) is 42.6. The second kappa shape index (κ2) is 18.5. The molecule has 0 bridgehead atoms. The highest BCUT2D eigenvalue weighted by Gasteiger charge is 2.28. The molecule has 2 aromatic heterocycles. The average molecular weight is 776 g/mol. The number of rotatable bonds is 13. The minimum absolute atomic E-state index is 0.0165. The van der Waals surface area contributed by atoms with E-state index in [1.807, 2.05) is 25.3 Å². The molecule has 0 aliphatic carbocycles. The molecule has 10 nitrogen and oxygen atoms in total. The van der Waals surface area contributed by atoms with Gasteiger partial charge in [-0.25, -0.2) is 13.2 Å². The number of carbonyl (C=O) groups excluding carboxylic acids is 2. The Kier molecular flexibility index (Phi) is 14.3. The topological polar surface area (TPSA) is 105 Å². The number of alkyl halides is 2. The number of fused-ring (bicyclic) bond motifs is 1. The van der Waals surface area contributed by atoms with Crippen molar-refractivity contribution in [1.82, 2.24) is 25.1 Å². The number of pyridine rings is 2. The summed E-state index contributed by atoms with van der Waals surface area (Å²) in [6, 6.07) is 12.8. The van der Waals surface area contributed by atoms with E-state index in [2.05, 4.69) is 31.0 Å². The highest BCUT2D eigenvalue weighted by atomic mass is 32.1. The third-order valence-corrected chi connectivity index (χ3v) is 10.0. The maximum Gasteiger partial charge on any atom is 0.271 e. The molecule has 14 heteroatoms. The van der Waals surface area contributed by atoms with Crippen LogP contribution in [0, 0.1) is 18.2 Å². The van der Waals surface area contributed by atoms with Crippen LogP contribution in [0.1, 0.15) is 60.3 Å².